The maximum atomic E-state index is 5.77. The molecule has 1 fully saturated rings. The lowest BCUT2D eigenvalue weighted by molar-refractivity contribution is 0.285. The summed E-state index contributed by atoms with van der Waals surface area (Å²) in [7, 11) is 0. The summed E-state index contributed by atoms with van der Waals surface area (Å²) in [5.41, 5.74) is 1.86. The van der Waals surface area contributed by atoms with Crippen molar-refractivity contribution in [3.63, 3.8) is 0 Å². The molecule has 5 nitrogen and oxygen atoms in total. The third-order valence-electron chi connectivity index (χ3n) is 4.12. The van der Waals surface area contributed by atoms with Crippen LogP contribution in [0.4, 0.5) is 0 Å². The Hall–Kier alpha value is -2.08. The van der Waals surface area contributed by atoms with Crippen molar-refractivity contribution in [1.82, 2.24) is 10.5 Å². The molecule has 6 heteroatoms. The fraction of sp³-hybridized carbons (Fsp3) is 0.474. The molecule has 0 aliphatic heterocycles. The van der Waals surface area contributed by atoms with E-state index in [9.17, 15) is 0 Å². The number of thiocarbonyl (C=S) groups is 1. The minimum absolute atomic E-state index is 0.304. The number of aromatic nitrogens is 1. The fourth-order valence-electron chi connectivity index (χ4n) is 2.51. The maximum Gasteiger partial charge on any atom is 0.319 e. The van der Waals surface area contributed by atoms with Crippen LogP contribution >= 0.6 is 12.2 Å². The van der Waals surface area contributed by atoms with Crippen molar-refractivity contribution in [2.45, 2.75) is 39.5 Å². The van der Waals surface area contributed by atoms with E-state index in [0.29, 0.717) is 30.1 Å². The zero-order chi connectivity index (χ0) is 17.8. The number of rotatable bonds is 8. The first kappa shape index (κ1) is 17.7. The van der Waals surface area contributed by atoms with Crippen LogP contribution in [-0.2, 0) is 0 Å². The standard InChI is InChI=1S/C19H24N2O3S/c1-12(2)17-13(3)19(24-21-17)23-16-8-6-15(7-9-16)22-11-10-20-18(25)14-4-5-14/h6-9,12,14H,4-5,10-11H2,1-3H3,(H,20,25). The summed E-state index contributed by atoms with van der Waals surface area (Å²) in [5, 5.41) is 7.31. The number of benzene rings is 1. The van der Waals surface area contributed by atoms with Crippen LogP contribution in [0.15, 0.2) is 28.8 Å². The Morgan fingerprint density at radius 3 is 2.56 bits per heavy atom. The highest BCUT2D eigenvalue weighted by molar-refractivity contribution is 7.80. The van der Waals surface area contributed by atoms with E-state index >= 15 is 0 Å². The first-order valence-electron chi connectivity index (χ1n) is 8.69. The number of ether oxygens (including phenoxy) is 2. The van der Waals surface area contributed by atoms with E-state index in [4.69, 9.17) is 26.2 Å². The molecule has 1 aliphatic rings. The van der Waals surface area contributed by atoms with Crippen molar-refractivity contribution in [2.24, 2.45) is 5.92 Å². The molecule has 1 N–H and O–H groups in total. The third-order valence-corrected chi connectivity index (χ3v) is 4.59. The summed E-state index contributed by atoms with van der Waals surface area (Å²) in [4.78, 5) is 0.968. The monoisotopic (exact) mass is 360 g/mol. The molecule has 0 bridgehead atoms. The molecule has 1 aromatic carbocycles. The zero-order valence-electron chi connectivity index (χ0n) is 14.9. The van der Waals surface area contributed by atoms with Crippen LogP contribution in [0.1, 0.15) is 43.9 Å². The molecule has 25 heavy (non-hydrogen) atoms. The van der Waals surface area contributed by atoms with Gasteiger partial charge in [-0.25, -0.2) is 0 Å². The first-order valence-corrected chi connectivity index (χ1v) is 9.10. The summed E-state index contributed by atoms with van der Waals surface area (Å²) in [6.45, 7) is 7.41. The van der Waals surface area contributed by atoms with Gasteiger partial charge in [-0.3, -0.25) is 0 Å². The van der Waals surface area contributed by atoms with Gasteiger partial charge in [-0.1, -0.05) is 31.2 Å². The van der Waals surface area contributed by atoms with Crippen LogP contribution in [0.3, 0.4) is 0 Å². The first-order chi connectivity index (χ1) is 12.0. The van der Waals surface area contributed by atoms with E-state index in [1.54, 1.807) is 0 Å². The maximum absolute atomic E-state index is 5.77. The van der Waals surface area contributed by atoms with Gasteiger partial charge in [0.15, 0.2) is 0 Å². The largest absolute Gasteiger partial charge is 0.492 e. The number of nitrogens with one attached hydrogen (secondary N) is 1. The van der Waals surface area contributed by atoms with E-state index < -0.39 is 0 Å². The Labute approximate surface area is 153 Å². The van der Waals surface area contributed by atoms with Gasteiger partial charge in [-0.2, -0.15) is 0 Å². The molecular weight excluding hydrogens is 336 g/mol. The summed E-state index contributed by atoms with van der Waals surface area (Å²) < 4.78 is 16.8. The highest BCUT2D eigenvalue weighted by Gasteiger charge is 2.25. The SMILES string of the molecule is Cc1c(C(C)C)noc1Oc1ccc(OCCNC(=S)C2CC2)cc1. The van der Waals surface area contributed by atoms with Crippen molar-refractivity contribution in [3.8, 4) is 17.4 Å². The number of hydrogen-bond acceptors (Lipinski definition) is 5. The van der Waals surface area contributed by atoms with Crippen molar-refractivity contribution in [2.75, 3.05) is 13.2 Å². The Balaban J connectivity index is 1.47. The molecular formula is C19H24N2O3S. The molecule has 1 saturated carbocycles. The summed E-state index contributed by atoms with van der Waals surface area (Å²) in [6.07, 6.45) is 2.44. The van der Waals surface area contributed by atoms with E-state index in [-0.39, 0.29) is 0 Å². The van der Waals surface area contributed by atoms with E-state index in [2.05, 4.69) is 24.3 Å². The normalized spacial score (nSPS) is 13.8. The van der Waals surface area contributed by atoms with Gasteiger partial charge in [0.05, 0.1) is 16.2 Å². The van der Waals surface area contributed by atoms with Crippen molar-refractivity contribution >= 4 is 17.2 Å². The van der Waals surface area contributed by atoms with Crippen LogP contribution in [0, 0.1) is 12.8 Å². The molecule has 0 saturated heterocycles. The van der Waals surface area contributed by atoms with Gasteiger partial charge >= 0.3 is 5.95 Å². The molecule has 134 valence electrons. The molecule has 1 heterocycles. The van der Waals surface area contributed by atoms with E-state index in [0.717, 1.165) is 28.5 Å². The average Bonchev–Trinajstić information content (AvgIpc) is 3.38. The third kappa shape index (κ3) is 4.72. The van der Waals surface area contributed by atoms with E-state index in [1.807, 2.05) is 31.2 Å². The second-order valence-electron chi connectivity index (χ2n) is 6.62. The summed E-state index contributed by atoms with van der Waals surface area (Å²) >= 11 is 5.28. The molecule has 0 spiro atoms. The lowest BCUT2D eigenvalue weighted by atomic mass is 10.1. The van der Waals surface area contributed by atoms with Crippen molar-refractivity contribution < 1.29 is 14.0 Å². The summed E-state index contributed by atoms with van der Waals surface area (Å²) in [5.74, 6) is 2.83. The molecule has 0 amide bonds. The van der Waals surface area contributed by atoms with Gasteiger partial charge in [-0.05, 0) is 49.9 Å². The van der Waals surface area contributed by atoms with Crippen LogP contribution in [-0.4, -0.2) is 23.3 Å². The Morgan fingerprint density at radius 1 is 1.28 bits per heavy atom. The highest BCUT2D eigenvalue weighted by Crippen LogP contribution is 2.31. The smallest absolute Gasteiger partial charge is 0.319 e. The van der Waals surface area contributed by atoms with Crippen LogP contribution in [0.25, 0.3) is 0 Å². The highest BCUT2D eigenvalue weighted by atomic mass is 32.1. The molecule has 1 aromatic heterocycles. The Bertz CT molecular complexity index is 721. The fourth-order valence-corrected chi connectivity index (χ4v) is 2.85. The van der Waals surface area contributed by atoms with Gasteiger partial charge in [0, 0.05) is 12.5 Å². The molecule has 1 aliphatic carbocycles. The molecule has 0 atom stereocenters. The second-order valence-corrected chi connectivity index (χ2v) is 7.06. The number of hydrogen-bond donors (Lipinski definition) is 1. The van der Waals surface area contributed by atoms with Gasteiger partial charge < -0.3 is 19.3 Å². The zero-order valence-corrected chi connectivity index (χ0v) is 15.7. The quantitative estimate of drug-likeness (QED) is 0.548. The van der Waals surface area contributed by atoms with E-state index in [1.165, 1.54) is 12.8 Å². The Kier molecular flexibility index (Phi) is 5.58. The van der Waals surface area contributed by atoms with Crippen molar-refractivity contribution in [3.05, 3.63) is 35.5 Å². The van der Waals surface area contributed by atoms with Gasteiger partial charge in [0.2, 0.25) is 0 Å². The van der Waals surface area contributed by atoms with Gasteiger partial charge in [0.25, 0.3) is 0 Å². The molecule has 0 unspecified atom stereocenters. The topological polar surface area (TPSA) is 56.5 Å². The lowest BCUT2D eigenvalue weighted by Crippen LogP contribution is -2.27. The average molecular weight is 360 g/mol. The molecule has 2 aromatic rings. The Morgan fingerprint density at radius 2 is 1.96 bits per heavy atom. The molecule has 0 radical (unpaired) electrons. The van der Waals surface area contributed by atoms with Gasteiger partial charge in [-0.15, -0.1) is 0 Å². The number of nitrogens with zero attached hydrogens (tertiary/aromatic N) is 1. The minimum Gasteiger partial charge on any atom is -0.492 e. The summed E-state index contributed by atoms with van der Waals surface area (Å²) in [6, 6.07) is 7.47. The molecule has 3 rings (SSSR count). The lowest BCUT2D eigenvalue weighted by Gasteiger charge is -2.09. The minimum atomic E-state index is 0.304. The van der Waals surface area contributed by atoms with Crippen LogP contribution < -0.4 is 14.8 Å². The van der Waals surface area contributed by atoms with Crippen LogP contribution in [0.2, 0.25) is 0 Å². The predicted octanol–water partition coefficient (Wildman–Crippen LogP) is 4.60. The van der Waals surface area contributed by atoms with Gasteiger partial charge in [0.1, 0.15) is 18.1 Å². The van der Waals surface area contributed by atoms with Crippen LogP contribution in [0.5, 0.6) is 17.4 Å². The van der Waals surface area contributed by atoms with Crippen molar-refractivity contribution in [1.29, 1.82) is 0 Å². The second kappa shape index (κ2) is 7.87. The predicted molar refractivity (Wildman–Crippen MR) is 101 cm³/mol.